The summed E-state index contributed by atoms with van der Waals surface area (Å²) >= 11 is 1.78. The number of benzene rings is 1. The van der Waals surface area contributed by atoms with Gasteiger partial charge in [-0.2, -0.15) is 0 Å². The van der Waals surface area contributed by atoms with Gasteiger partial charge in [-0.25, -0.2) is 4.98 Å². The van der Waals surface area contributed by atoms with E-state index in [2.05, 4.69) is 30.0 Å². The molecule has 1 aliphatic rings. The first-order valence-corrected chi connectivity index (χ1v) is 6.92. The topological polar surface area (TPSA) is 42.1 Å². The number of fused-ring (bicyclic) bond motifs is 1. The van der Waals surface area contributed by atoms with Crippen molar-refractivity contribution in [1.29, 1.82) is 0 Å². The maximum Gasteiger partial charge on any atom is 0.186 e. The summed E-state index contributed by atoms with van der Waals surface area (Å²) in [5.74, 6) is 0.613. The number of para-hydroxylation sites is 1. The van der Waals surface area contributed by atoms with Crippen LogP contribution in [0.3, 0.4) is 0 Å². The summed E-state index contributed by atoms with van der Waals surface area (Å²) in [5.41, 5.74) is 7.08. The van der Waals surface area contributed by atoms with Crippen molar-refractivity contribution in [3.8, 4) is 0 Å². The van der Waals surface area contributed by atoms with Gasteiger partial charge >= 0.3 is 0 Å². The maximum atomic E-state index is 5.97. The molecule has 2 heterocycles. The lowest BCUT2D eigenvalue weighted by molar-refractivity contribution is 0.488. The highest BCUT2D eigenvalue weighted by molar-refractivity contribution is 7.22. The summed E-state index contributed by atoms with van der Waals surface area (Å²) in [4.78, 5) is 7.07. The standard InChI is InChI=1S/C13H17N3S/c1-9(14)10-6-7-16(8-10)13-15-11-4-2-3-5-12(11)17-13/h2-5,9-10H,6-8,14H2,1H3. The summed E-state index contributed by atoms with van der Waals surface area (Å²) < 4.78 is 1.27. The Morgan fingerprint density at radius 2 is 2.29 bits per heavy atom. The molecule has 0 radical (unpaired) electrons. The number of nitrogens with zero attached hydrogens (tertiary/aromatic N) is 2. The molecule has 0 spiro atoms. The van der Waals surface area contributed by atoms with Crippen LogP contribution in [0.1, 0.15) is 13.3 Å². The van der Waals surface area contributed by atoms with Gasteiger partial charge in [0.05, 0.1) is 10.2 Å². The van der Waals surface area contributed by atoms with Crippen LogP contribution in [0.5, 0.6) is 0 Å². The first-order valence-electron chi connectivity index (χ1n) is 6.10. The van der Waals surface area contributed by atoms with Crippen LogP contribution in [-0.4, -0.2) is 24.1 Å². The summed E-state index contributed by atoms with van der Waals surface area (Å²) in [6.45, 7) is 4.25. The molecular formula is C13H17N3S. The van der Waals surface area contributed by atoms with Gasteiger partial charge in [0.15, 0.2) is 5.13 Å². The van der Waals surface area contributed by atoms with Gasteiger partial charge in [-0.05, 0) is 31.4 Å². The Morgan fingerprint density at radius 3 is 3.00 bits per heavy atom. The lowest BCUT2D eigenvalue weighted by Crippen LogP contribution is -2.29. The van der Waals surface area contributed by atoms with Crippen LogP contribution in [0, 0.1) is 5.92 Å². The zero-order valence-corrected chi connectivity index (χ0v) is 10.8. The molecule has 3 rings (SSSR count). The van der Waals surface area contributed by atoms with Crippen LogP contribution in [0.25, 0.3) is 10.2 Å². The fraction of sp³-hybridized carbons (Fsp3) is 0.462. The average molecular weight is 247 g/mol. The van der Waals surface area contributed by atoms with Gasteiger partial charge in [-0.1, -0.05) is 23.5 Å². The molecule has 3 nitrogen and oxygen atoms in total. The zero-order valence-electron chi connectivity index (χ0n) is 9.97. The minimum absolute atomic E-state index is 0.286. The van der Waals surface area contributed by atoms with Crippen molar-refractivity contribution in [3.05, 3.63) is 24.3 Å². The van der Waals surface area contributed by atoms with E-state index >= 15 is 0 Å². The van der Waals surface area contributed by atoms with Gasteiger partial charge in [0.25, 0.3) is 0 Å². The van der Waals surface area contributed by atoms with Gasteiger partial charge in [0.1, 0.15) is 0 Å². The van der Waals surface area contributed by atoms with E-state index in [0.29, 0.717) is 5.92 Å². The lowest BCUT2D eigenvalue weighted by Gasteiger charge is -2.16. The fourth-order valence-electron chi connectivity index (χ4n) is 2.39. The Labute approximate surface area is 105 Å². The number of hydrogen-bond donors (Lipinski definition) is 1. The SMILES string of the molecule is CC(N)C1CCN(c2nc3ccccc3s2)C1. The maximum absolute atomic E-state index is 5.97. The van der Waals surface area contributed by atoms with E-state index in [9.17, 15) is 0 Å². The largest absolute Gasteiger partial charge is 0.348 e. The molecular weight excluding hydrogens is 230 g/mol. The predicted octanol–water partition coefficient (Wildman–Crippen LogP) is 2.47. The minimum atomic E-state index is 0.286. The average Bonchev–Trinajstić information content (AvgIpc) is 2.95. The van der Waals surface area contributed by atoms with Crippen molar-refractivity contribution in [3.63, 3.8) is 0 Å². The summed E-state index contributed by atoms with van der Waals surface area (Å²) in [5, 5.41) is 1.15. The predicted molar refractivity (Wildman–Crippen MR) is 73.6 cm³/mol. The van der Waals surface area contributed by atoms with Crippen LogP contribution in [0.4, 0.5) is 5.13 Å². The third-order valence-electron chi connectivity index (χ3n) is 3.52. The highest BCUT2D eigenvalue weighted by atomic mass is 32.1. The number of aromatic nitrogens is 1. The van der Waals surface area contributed by atoms with Crippen LogP contribution in [-0.2, 0) is 0 Å². The van der Waals surface area contributed by atoms with E-state index < -0.39 is 0 Å². The second-order valence-corrected chi connectivity index (χ2v) is 5.83. The Balaban J connectivity index is 1.85. The molecule has 1 aliphatic heterocycles. The minimum Gasteiger partial charge on any atom is -0.348 e. The molecule has 1 saturated heterocycles. The molecule has 0 saturated carbocycles. The summed E-state index contributed by atoms with van der Waals surface area (Å²) in [6.07, 6.45) is 1.19. The van der Waals surface area contributed by atoms with E-state index in [1.165, 1.54) is 11.1 Å². The molecule has 0 aliphatic carbocycles. The van der Waals surface area contributed by atoms with Gasteiger partial charge in [-0.15, -0.1) is 0 Å². The van der Waals surface area contributed by atoms with E-state index in [1.807, 2.05) is 6.07 Å². The molecule has 4 heteroatoms. The van der Waals surface area contributed by atoms with E-state index in [4.69, 9.17) is 10.7 Å². The zero-order chi connectivity index (χ0) is 11.8. The fourth-order valence-corrected chi connectivity index (χ4v) is 3.39. The number of thiazole rings is 1. The highest BCUT2D eigenvalue weighted by Gasteiger charge is 2.26. The highest BCUT2D eigenvalue weighted by Crippen LogP contribution is 2.32. The number of rotatable bonds is 2. The Kier molecular flexibility index (Phi) is 2.76. The van der Waals surface area contributed by atoms with Gasteiger partial charge < -0.3 is 10.6 Å². The molecule has 0 amide bonds. The number of hydrogen-bond acceptors (Lipinski definition) is 4. The van der Waals surface area contributed by atoms with Gasteiger partial charge in [-0.3, -0.25) is 0 Å². The van der Waals surface area contributed by atoms with Crippen LogP contribution in [0.15, 0.2) is 24.3 Å². The molecule has 1 aromatic carbocycles. The summed E-state index contributed by atoms with van der Waals surface area (Å²) in [6, 6.07) is 8.61. The number of nitrogens with two attached hydrogens (primary N) is 1. The molecule has 2 N–H and O–H groups in total. The monoisotopic (exact) mass is 247 g/mol. The molecule has 2 aromatic rings. The molecule has 1 fully saturated rings. The van der Waals surface area contributed by atoms with Crippen molar-refractivity contribution in [2.75, 3.05) is 18.0 Å². The van der Waals surface area contributed by atoms with Crippen LogP contribution >= 0.6 is 11.3 Å². The molecule has 17 heavy (non-hydrogen) atoms. The van der Waals surface area contributed by atoms with Crippen LogP contribution < -0.4 is 10.6 Å². The van der Waals surface area contributed by atoms with Crippen molar-refractivity contribution < 1.29 is 0 Å². The molecule has 90 valence electrons. The van der Waals surface area contributed by atoms with Gasteiger partial charge in [0.2, 0.25) is 0 Å². The molecule has 2 atom stereocenters. The third-order valence-corrected chi connectivity index (χ3v) is 4.62. The Hall–Kier alpha value is -1.13. The van der Waals surface area contributed by atoms with Gasteiger partial charge in [0, 0.05) is 19.1 Å². The van der Waals surface area contributed by atoms with Crippen molar-refractivity contribution in [2.24, 2.45) is 11.7 Å². The third kappa shape index (κ3) is 2.03. The van der Waals surface area contributed by atoms with Crippen molar-refractivity contribution >= 4 is 26.7 Å². The first kappa shape index (κ1) is 11.0. The quantitative estimate of drug-likeness (QED) is 0.886. The number of anilines is 1. The Morgan fingerprint density at radius 1 is 1.47 bits per heavy atom. The second kappa shape index (κ2) is 4.27. The van der Waals surface area contributed by atoms with E-state index in [1.54, 1.807) is 11.3 Å². The first-order chi connectivity index (χ1) is 8.24. The second-order valence-electron chi connectivity index (χ2n) is 4.82. The normalized spacial score (nSPS) is 22.2. The Bertz CT molecular complexity index is 487. The van der Waals surface area contributed by atoms with E-state index in [-0.39, 0.29) is 6.04 Å². The van der Waals surface area contributed by atoms with E-state index in [0.717, 1.165) is 23.7 Å². The summed E-state index contributed by atoms with van der Waals surface area (Å²) in [7, 11) is 0. The lowest BCUT2D eigenvalue weighted by atomic mass is 10.0. The molecule has 2 unspecified atom stereocenters. The van der Waals surface area contributed by atoms with Crippen molar-refractivity contribution in [2.45, 2.75) is 19.4 Å². The van der Waals surface area contributed by atoms with Crippen LogP contribution in [0.2, 0.25) is 0 Å². The smallest absolute Gasteiger partial charge is 0.186 e. The van der Waals surface area contributed by atoms with Crippen molar-refractivity contribution in [1.82, 2.24) is 4.98 Å². The molecule has 1 aromatic heterocycles. The molecule has 0 bridgehead atoms.